The maximum Gasteiger partial charge on any atom is 0.336 e. The first-order chi connectivity index (χ1) is 12.9. The Bertz CT molecular complexity index is 1030. The highest BCUT2D eigenvalue weighted by atomic mass is 16.5. The summed E-state index contributed by atoms with van der Waals surface area (Å²) in [7, 11) is 0. The fourth-order valence-electron chi connectivity index (χ4n) is 2.83. The van der Waals surface area contributed by atoms with Gasteiger partial charge in [-0.15, -0.1) is 0 Å². The summed E-state index contributed by atoms with van der Waals surface area (Å²) in [6, 6.07) is 12.8. The highest BCUT2D eigenvalue weighted by Gasteiger charge is 2.12. The average Bonchev–Trinajstić information content (AvgIpc) is 2.63. The lowest BCUT2D eigenvalue weighted by Gasteiger charge is -2.10. The molecule has 0 N–H and O–H groups in total. The average molecular weight is 366 g/mol. The van der Waals surface area contributed by atoms with Crippen LogP contribution in [0.25, 0.3) is 11.0 Å². The third-order valence-corrected chi connectivity index (χ3v) is 4.47. The predicted molar refractivity (Wildman–Crippen MR) is 103 cm³/mol. The Kier molecular flexibility index (Phi) is 5.60. The summed E-state index contributed by atoms with van der Waals surface area (Å²) in [5, 5.41) is 0.779. The fourth-order valence-corrected chi connectivity index (χ4v) is 2.83. The van der Waals surface area contributed by atoms with Crippen molar-refractivity contribution in [1.29, 1.82) is 0 Å². The summed E-state index contributed by atoms with van der Waals surface area (Å²) < 4.78 is 16.2. The molecule has 3 aromatic rings. The van der Waals surface area contributed by atoms with Crippen LogP contribution in [0.2, 0.25) is 0 Å². The van der Waals surface area contributed by atoms with Gasteiger partial charge in [-0.25, -0.2) is 4.79 Å². The molecule has 2 aromatic carbocycles. The van der Waals surface area contributed by atoms with Gasteiger partial charge in [-0.2, -0.15) is 0 Å². The molecule has 0 aliphatic rings. The second-order valence-electron chi connectivity index (χ2n) is 6.55. The van der Waals surface area contributed by atoms with Gasteiger partial charge in [-0.3, -0.25) is 4.79 Å². The SMILES string of the molecule is Cc1cccc(OCCC(=O)OCc2cc(=O)oc3c(C)c(C)ccc23)c1. The van der Waals surface area contributed by atoms with Crippen LogP contribution in [0.15, 0.2) is 51.7 Å². The van der Waals surface area contributed by atoms with Crippen molar-refractivity contribution in [3.8, 4) is 5.75 Å². The van der Waals surface area contributed by atoms with Crippen molar-refractivity contribution in [2.24, 2.45) is 0 Å². The van der Waals surface area contributed by atoms with Gasteiger partial charge >= 0.3 is 11.6 Å². The molecule has 0 spiro atoms. The topological polar surface area (TPSA) is 65.7 Å². The Morgan fingerprint density at radius 1 is 1.07 bits per heavy atom. The van der Waals surface area contributed by atoms with Crippen LogP contribution in [-0.2, 0) is 16.1 Å². The van der Waals surface area contributed by atoms with Gasteiger partial charge in [0.2, 0.25) is 0 Å². The van der Waals surface area contributed by atoms with E-state index in [1.54, 1.807) is 0 Å². The van der Waals surface area contributed by atoms with Crippen molar-refractivity contribution in [1.82, 2.24) is 0 Å². The van der Waals surface area contributed by atoms with Crippen LogP contribution >= 0.6 is 0 Å². The minimum Gasteiger partial charge on any atom is -0.493 e. The van der Waals surface area contributed by atoms with Crippen LogP contribution in [0.3, 0.4) is 0 Å². The lowest BCUT2D eigenvalue weighted by atomic mass is 10.0. The molecule has 3 rings (SSSR count). The van der Waals surface area contributed by atoms with Gasteiger partial charge in [0.05, 0.1) is 13.0 Å². The van der Waals surface area contributed by atoms with Crippen molar-refractivity contribution < 1.29 is 18.7 Å². The van der Waals surface area contributed by atoms with E-state index in [1.807, 2.05) is 57.2 Å². The Labute approximate surface area is 157 Å². The van der Waals surface area contributed by atoms with Crippen molar-refractivity contribution >= 4 is 16.9 Å². The number of esters is 1. The quantitative estimate of drug-likeness (QED) is 0.482. The number of ether oxygens (including phenoxy) is 2. The first kappa shape index (κ1) is 18.7. The molecule has 0 radical (unpaired) electrons. The first-order valence-electron chi connectivity index (χ1n) is 8.82. The standard InChI is InChI=1S/C22H22O5/c1-14-5-4-6-18(11-14)25-10-9-20(23)26-13-17-12-21(24)27-22-16(3)15(2)7-8-19(17)22/h4-8,11-12H,9-10,13H2,1-3H3. The summed E-state index contributed by atoms with van der Waals surface area (Å²) in [4.78, 5) is 23.9. The zero-order chi connectivity index (χ0) is 19.4. The molecule has 0 fully saturated rings. The molecule has 0 unspecified atom stereocenters. The van der Waals surface area contributed by atoms with E-state index in [2.05, 4.69) is 0 Å². The molecular formula is C22H22O5. The van der Waals surface area contributed by atoms with E-state index < -0.39 is 5.63 Å². The van der Waals surface area contributed by atoms with Crippen molar-refractivity contribution in [3.63, 3.8) is 0 Å². The number of fused-ring (bicyclic) bond motifs is 1. The van der Waals surface area contributed by atoms with Crippen LogP contribution in [0.1, 0.15) is 28.7 Å². The molecule has 0 aliphatic carbocycles. The van der Waals surface area contributed by atoms with Crippen LogP contribution in [0.5, 0.6) is 5.75 Å². The van der Waals surface area contributed by atoms with E-state index >= 15 is 0 Å². The van der Waals surface area contributed by atoms with E-state index in [9.17, 15) is 9.59 Å². The molecular weight excluding hydrogens is 344 g/mol. The lowest BCUT2D eigenvalue weighted by Crippen LogP contribution is -2.11. The number of benzene rings is 2. The third-order valence-electron chi connectivity index (χ3n) is 4.47. The molecule has 1 heterocycles. The van der Waals surface area contributed by atoms with Gasteiger partial charge in [0.15, 0.2) is 0 Å². The zero-order valence-electron chi connectivity index (χ0n) is 15.7. The number of aryl methyl sites for hydroxylation is 3. The maximum absolute atomic E-state index is 12.0. The van der Waals surface area contributed by atoms with Gasteiger partial charge in [0, 0.05) is 17.0 Å². The first-order valence-corrected chi connectivity index (χ1v) is 8.82. The summed E-state index contributed by atoms with van der Waals surface area (Å²) in [5.74, 6) is 0.341. The van der Waals surface area contributed by atoms with Gasteiger partial charge in [-0.05, 0) is 49.6 Å². The number of hydrogen-bond donors (Lipinski definition) is 0. The van der Waals surface area contributed by atoms with Crippen LogP contribution in [0.4, 0.5) is 0 Å². The van der Waals surface area contributed by atoms with Gasteiger partial charge in [-0.1, -0.05) is 24.3 Å². The zero-order valence-corrected chi connectivity index (χ0v) is 15.7. The Hall–Kier alpha value is -3.08. The second kappa shape index (κ2) is 8.08. The van der Waals surface area contributed by atoms with E-state index in [4.69, 9.17) is 13.9 Å². The van der Waals surface area contributed by atoms with Crippen LogP contribution < -0.4 is 10.4 Å². The third kappa shape index (κ3) is 4.56. The Morgan fingerprint density at radius 2 is 1.89 bits per heavy atom. The molecule has 0 bridgehead atoms. The van der Waals surface area contributed by atoms with E-state index in [0.29, 0.717) is 11.1 Å². The number of carbonyl (C=O) groups is 1. The van der Waals surface area contributed by atoms with Crippen molar-refractivity contribution in [2.75, 3.05) is 6.61 Å². The summed E-state index contributed by atoms with van der Waals surface area (Å²) in [6.07, 6.45) is 0.130. The maximum atomic E-state index is 12.0. The molecule has 1 aromatic heterocycles. The van der Waals surface area contributed by atoms with E-state index in [0.717, 1.165) is 27.8 Å². The van der Waals surface area contributed by atoms with Gasteiger partial charge in [0.1, 0.15) is 17.9 Å². The number of hydrogen-bond acceptors (Lipinski definition) is 5. The molecule has 0 saturated carbocycles. The number of carbonyl (C=O) groups excluding carboxylic acids is 1. The molecule has 5 heteroatoms. The monoisotopic (exact) mass is 366 g/mol. The smallest absolute Gasteiger partial charge is 0.336 e. The fraction of sp³-hybridized carbons (Fsp3) is 0.273. The number of rotatable bonds is 6. The highest BCUT2D eigenvalue weighted by molar-refractivity contribution is 5.84. The summed E-state index contributed by atoms with van der Waals surface area (Å²) in [6.45, 7) is 6.09. The van der Waals surface area contributed by atoms with Gasteiger partial charge < -0.3 is 13.9 Å². The minimum absolute atomic E-state index is 0.0217. The highest BCUT2D eigenvalue weighted by Crippen LogP contribution is 2.23. The van der Waals surface area contributed by atoms with Crippen molar-refractivity contribution in [3.05, 3.63) is 75.1 Å². The molecule has 5 nitrogen and oxygen atoms in total. The summed E-state index contributed by atoms with van der Waals surface area (Å²) >= 11 is 0. The lowest BCUT2D eigenvalue weighted by molar-refractivity contribution is -0.145. The van der Waals surface area contributed by atoms with Crippen LogP contribution in [-0.4, -0.2) is 12.6 Å². The summed E-state index contributed by atoms with van der Waals surface area (Å²) in [5.41, 5.74) is 3.76. The molecule has 0 saturated heterocycles. The molecule has 140 valence electrons. The molecule has 0 atom stereocenters. The van der Waals surface area contributed by atoms with Gasteiger partial charge in [0.25, 0.3) is 0 Å². The normalized spacial score (nSPS) is 10.8. The Balaban J connectivity index is 1.62. The van der Waals surface area contributed by atoms with E-state index in [1.165, 1.54) is 6.07 Å². The minimum atomic E-state index is -0.454. The molecule has 27 heavy (non-hydrogen) atoms. The largest absolute Gasteiger partial charge is 0.493 e. The van der Waals surface area contributed by atoms with Crippen LogP contribution in [0, 0.1) is 20.8 Å². The molecule has 0 aliphatic heterocycles. The molecule has 0 amide bonds. The second-order valence-corrected chi connectivity index (χ2v) is 6.55. The van der Waals surface area contributed by atoms with E-state index in [-0.39, 0.29) is 25.6 Å². The van der Waals surface area contributed by atoms with Crippen molar-refractivity contribution in [2.45, 2.75) is 33.8 Å². The Morgan fingerprint density at radius 3 is 2.67 bits per heavy atom. The predicted octanol–water partition coefficient (Wildman–Crippen LogP) is 4.23.